The second kappa shape index (κ2) is 6.33. The molecule has 1 heterocycles. The molecule has 2 N–H and O–H groups in total. The van der Waals surface area contributed by atoms with Crippen LogP contribution in [0.4, 0.5) is 4.39 Å². The summed E-state index contributed by atoms with van der Waals surface area (Å²) >= 11 is 0. The van der Waals surface area contributed by atoms with Gasteiger partial charge in [-0.25, -0.2) is 4.39 Å². The summed E-state index contributed by atoms with van der Waals surface area (Å²) in [5, 5.41) is 0. The number of hydrogen-bond donors (Lipinski definition) is 1. The van der Waals surface area contributed by atoms with Gasteiger partial charge in [0.15, 0.2) is 0 Å². The van der Waals surface area contributed by atoms with Crippen LogP contribution in [-0.2, 0) is 19.7 Å². The van der Waals surface area contributed by atoms with E-state index in [9.17, 15) is 9.18 Å². The van der Waals surface area contributed by atoms with Crippen molar-refractivity contribution in [1.82, 2.24) is 0 Å². The zero-order valence-electron chi connectivity index (χ0n) is 11.6. The van der Waals surface area contributed by atoms with Gasteiger partial charge in [0.2, 0.25) is 0 Å². The molecular formula is C15H20FNO3. The van der Waals surface area contributed by atoms with Gasteiger partial charge in [0.05, 0.1) is 13.2 Å². The predicted octanol–water partition coefficient (Wildman–Crippen LogP) is 1.76. The Morgan fingerprint density at radius 1 is 1.60 bits per heavy atom. The number of esters is 1. The third kappa shape index (κ3) is 2.83. The first kappa shape index (κ1) is 14.9. The first-order valence-electron chi connectivity index (χ1n) is 6.78. The highest BCUT2D eigenvalue weighted by molar-refractivity contribution is 5.83. The number of nitrogens with two attached hydrogens (primary N) is 1. The van der Waals surface area contributed by atoms with E-state index < -0.39 is 17.2 Å². The molecule has 0 aromatic heterocycles. The Hall–Kier alpha value is -1.46. The Balaban J connectivity index is 2.38. The molecular weight excluding hydrogens is 261 g/mol. The van der Waals surface area contributed by atoms with Crippen molar-refractivity contribution in [2.45, 2.75) is 30.8 Å². The summed E-state index contributed by atoms with van der Waals surface area (Å²) in [4.78, 5) is 12.3. The van der Waals surface area contributed by atoms with Gasteiger partial charge in [-0.2, -0.15) is 0 Å². The largest absolute Gasteiger partial charge is 0.468 e. The van der Waals surface area contributed by atoms with E-state index in [-0.39, 0.29) is 12.6 Å². The number of carbonyl (C=O) groups is 1. The normalized spacial score (nSPS) is 21.4. The molecule has 0 radical (unpaired) electrons. The molecule has 4 nitrogen and oxygen atoms in total. The van der Waals surface area contributed by atoms with E-state index in [0.29, 0.717) is 18.6 Å². The van der Waals surface area contributed by atoms with Crippen molar-refractivity contribution >= 4 is 5.97 Å². The molecule has 1 fully saturated rings. The topological polar surface area (TPSA) is 61.5 Å². The highest BCUT2D eigenvalue weighted by atomic mass is 19.1. The average Bonchev–Trinajstić information content (AvgIpc) is 2.96. The van der Waals surface area contributed by atoms with Gasteiger partial charge in [-0.05, 0) is 37.0 Å². The third-order valence-electron chi connectivity index (χ3n) is 3.90. The summed E-state index contributed by atoms with van der Waals surface area (Å²) in [6, 6.07) is 5.97. The van der Waals surface area contributed by atoms with Crippen LogP contribution >= 0.6 is 0 Å². The number of halogens is 1. The van der Waals surface area contributed by atoms with E-state index in [0.717, 1.165) is 12.8 Å². The molecule has 5 heteroatoms. The predicted molar refractivity (Wildman–Crippen MR) is 72.7 cm³/mol. The zero-order chi connectivity index (χ0) is 14.6. The van der Waals surface area contributed by atoms with Gasteiger partial charge in [0.25, 0.3) is 0 Å². The van der Waals surface area contributed by atoms with Crippen LogP contribution < -0.4 is 5.73 Å². The first-order valence-corrected chi connectivity index (χ1v) is 6.78. The van der Waals surface area contributed by atoms with Crippen molar-refractivity contribution in [2.75, 3.05) is 20.3 Å². The summed E-state index contributed by atoms with van der Waals surface area (Å²) in [7, 11) is 1.32. The summed E-state index contributed by atoms with van der Waals surface area (Å²) in [6.45, 7) is 0.749. The summed E-state index contributed by atoms with van der Waals surface area (Å²) in [6.07, 6.45) is 2.23. The number of carbonyl (C=O) groups excluding carboxylic acids is 1. The number of ether oxygens (including phenoxy) is 2. The zero-order valence-corrected chi connectivity index (χ0v) is 11.6. The maximum Gasteiger partial charge on any atom is 0.317 e. The maximum atomic E-state index is 13.5. The van der Waals surface area contributed by atoms with Gasteiger partial charge in [-0.15, -0.1) is 0 Å². The number of methoxy groups -OCH3 is 1. The minimum atomic E-state index is -1.05. The molecule has 110 valence electrons. The van der Waals surface area contributed by atoms with E-state index in [1.54, 1.807) is 12.1 Å². The van der Waals surface area contributed by atoms with E-state index >= 15 is 0 Å². The average molecular weight is 281 g/mol. The molecule has 0 aliphatic carbocycles. The molecule has 1 aromatic rings. The van der Waals surface area contributed by atoms with E-state index in [2.05, 4.69) is 0 Å². The summed E-state index contributed by atoms with van der Waals surface area (Å²) in [5.74, 6) is -0.835. The minimum Gasteiger partial charge on any atom is -0.468 e. The van der Waals surface area contributed by atoms with Crippen molar-refractivity contribution in [2.24, 2.45) is 5.73 Å². The van der Waals surface area contributed by atoms with E-state index in [1.807, 2.05) is 0 Å². The lowest BCUT2D eigenvalue weighted by Crippen LogP contribution is -2.46. The molecule has 1 aromatic carbocycles. The monoisotopic (exact) mass is 281 g/mol. The maximum absolute atomic E-state index is 13.5. The minimum absolute atomic E-state index is 0.0408. The van der Waals surface area contributed by atoms with Gasteiger partial charge in [0.1, 0.15) is 11.2 Å². The fourth-order valence-corrected chi connectivity index (χ4v) is 2.78. The Labute approximate surface area is 118 Å². The van der Waals surface area contributed by atoms with Gasteiger partial charge >= 0.3 is 5.97 Å². The quantitative estimate of drug-likeness (QED) is 0.835. The van der Waals surface area contributed by atoms with Crippen molar-refractivity contribution in [3.8, 4) is 0 Å². The third-order valence-corrected chi connectivity index (χ3v) is 3.90. The van der Waals surface area contributed by atoms with Crippen LogP contribution in [-0.4, -0.2) is 32.3 Å². The molecule has 0 spiro atoms. The number of hydrogen-bond acceptors (Lipinski definition) is 4. The van der Waals surface area contributed by atoms with Crippen LogP contribution in [0.5, 0.6) is 0 Å². The van der Waals surface area contributed by atoms with Gasteiger partial charge < -0.3 is 15.2 Å². The molecule has 2 unspecified atom stereocenters. The van der Waals surface area contributed by atoms with Gasteiger partial charge in [-0.3, -0.25) is 4.79 Å². The van der Waals surface area contributed by atoms with Crippen LogP contribution in [0.25, 0.3) is 0 Å². The van der Waals surface area contributed by atoms with Crippen LogP contribution in [0.15, 0.2) is 24.3 Å². The molecule has 0 saturated carbocycles. The van der Waals surface area contributed by atoms with Crippen LogP contribution in [0.3, 0.4) is 0 Å². The van der Waals surface area contributed by atoms with E-state index in [4.69, 9.17) is 15.2 Å². The molecule has 2 atom stereocenters. The van der Waals surface area contributed by atoms with Crippen molar-refractivity contribution in [3.05, 3.63) is 35.6 Å². The lowest BCUT2D eigenvalue weighted by molar-refractivity contribution is -0.148. The highest BCUT2D eigenvalue weighted by Gasteiger charge is 2.43. The highest BCUT2D eigenvalue weighted by Crippen LogP contribution is 2.34. The lowest BCUT2D eigenvalue weighted by atomic mass is 9.75. The Kier molecular flexibility index (Phi) is 4.73. The smallest absolute Gasteiger partial charge is 0.317 e. The fourth-order valence-electron chi connectivity index (χ4n) is 2.78. The van der Waals surface area contributed by atoms with Gasteiger partial charge in [-0.1, -0.05) is 12.1 Å². The Bertz CT molecular complexity index is 474. The molecule has 1 aliphatic rings. The first-order chi connectivity index (χ1) is 9.62. The molecule has 0 bridgehead atoms. The summed E-state index contributed by atoms with van der Waals surface area (Å²) < 4.78 is 24.0. The molecule has 1 saturated heterocycles. The van der Waals surface area contributed by atoms with Crippen LogP contribution in [0.2, 0.25) is 0 Å². The number of rotatable bonds is 5. The Morgan fingerprint density at radius 2 is 2.40 bits per heavy atom. The van der Waals surface area contributed by atoms with Crippen molar-refractivity contribution in [1.29, 1.82) is 0 Å². The second-order valence-corrected chi connectivity index (χ2v) is 5.13. The molecule has 2 rings (SSSR count). The summed E-state index contributed by atoms with van der Waals surface area (Å²) in [5.41, 5.74) is 5.36. The lowest BCUT2D eigenvalue weighted by Gasteiger charge is -2.32. The fraction of sp³-hybridized carbons (Fsp3) is 0.533. The van der Waals surface area contributed by atoms with E-state index in [1.165, 1.54) is 19.2 Å². The molecule has 0 amide bonds. The van der Waals surface area contributed by atoms with Crippen molar-refractivity contribution < 1.29 is 18.7 Å². The van der Waals surface area contributed by atoms with Crippen LogP contribution in [0, 0.1) is 5.82 Å². The number of benzene rings is 1. The Morgan fingerprint density at radius 3 is 2.95 bits per heavy atom. The van der Waals surface area contributed by atoms with Crippen molar-refractivity contribution in [3.63, 3.8) is 0 Å². The molecule has 1 aliphatic heterocycles. The standard InChI is InChI=1S/C15H20FNO3/c1-19-14(18)15(10-17,9-13-6-3-7-20-13)11-4-2-5-12(16)8-11/h2,4-5,8,13H,3,6-7,9-10,17H2,1H3. The molecule has 20 heavy (non-hydrogen) atoms. The van der Waals surface area contributed by atoms with Crippen LogP contribution in [0.1, 0.15) is 24.8 Å². The second-order valence-electron chi connectivity index (χ2n) is 5.13. The van der Waals surface area contributed by atoms with Gasteiger partial charge in [0, 0.05) is 13.2 Å². The SMILES string of the molecule is COC(=O)C(CN)(CC1CCCO1)c1cccc(F)c1.